The Kier molecular flexibility index (Phi) is 11.0. The van der Waals surface area contributed by atoms with Gasteiger partial charge in [0.25, 0.3) is 0 Å². The lowest BCUT2D eigenvalue weighted by Crippen LogP contribution is -2.09. The molecule has 1 rings (SSSR count). The van der Waals surface area contributed by atoms with E-state index in [1.54, 1.807) is 7.11 Å². The zero-order valence-electron chi connectivity index (χ0n) is 8.60. The van der Waals surface area contributed by atoms with Gasteiger partial charge < -0.3 is 15.8 Å². The summed E-state index contributed by atoms with van der Waals surface area (Å²) in [5, 5.41) is 3.15. The molecule has 1 aromatic heterocycles. The minimum absolute atomic E-state index is 0. The number of ether oxygens (including phenoxy) is 1. The highest BCUT2D eigenvalue weighted by molar-refractivity contribution is 5.85. The first-order chi connectivity index (χ1) is 6.36. The van der Waals surface area contributed by atoms with Gasteiger partial charge in [-0.3, -0.25) is 0 Å². The molecule has 6 heteroatoms. The van der Waals surface area contributed by atoms with E-state index in [0.717, 1.165) is 18.8 Å². The molecule has 15 heavy (non-hydrogen) atoms. The summed E-state index contributed by atoms with van der Waals surface area (Å²) >= 11 is 0. The molecule has 0 unspecified atom stereocenters. The fourth-order valence-corrected chi connectivity index (χ4v) is 0.945. The molecule has 0 aliphatic carbocycles. The summed E-state index contributed by atoms with van der Waals surface area (Å²) in [4.78, 5) is 4.19. The number of anilines is 1. The van der Waals surface area contributed by atoms with Gasteiger partial charge in [-0.2, -0.15) is 4.98 Å². The first-order valence-electron chi connectivity index (χ1n) is 4.32. The number of rotatable bonds is 5. The van der Waals surface area contributed by atoms with Crippen molar-refractivity contribution in [3.63, 3.8) is 0 Å². The Morgan fingerprint density at radius 3 is 2.73 bits per heavy atom. The van der Waals surface area contributed by atoms with Gasteiger partial charge in [0.2, 0.25) is 5.88 Å². The quantitative estimate of drug-likeness (QED) is 0.785. The largest absolute Gasteiger partial charge is 0.481 e. The van der Waals surface area contributed by atoms with Gasteiger partial charge in [-0.1, -0.05) is 6.07 Å². The van der Waals surface area contributed by atoms with E-state index in [1.165, 1.54) is 0 Å². The normalized spacial score (nSPS) is 8.40. The van der Waals surface area contributed by atoms with Crippen LogP contribution in [-0.2, 0) is 0 Å². The maximum absolute atomic E-state index is 5.36. The molecule has 0 fully saturated rings. The summed E-state index contributed by atoms with van der Waals surface area (Å²) in [6.45, 7) is 1.54. The fourth-order valence-electron chi connectivity index (χ4n) is 0.945. The van der Waals surface area contributed by atoms with Gasteiger partial charge in [0.05, 0.1) is 7.11 Å². The second-order valence-electron chi connectivity index (χ2n) is 2.63. The monoisotopic (exact) mass is 253 g/mol. The molecule has 88 valence electrons. The summed E-state index contributed by atoms with van der Waals surface area (Å²) in [6, 6.07) is 5.61. The zero-order chi connectivity index (χ0) is 9.52. The molecule has 0 aliphatic heterocycles. The van der Waals surface area contributed by atoms with Crippen LogP contribution in [0.2, 0.25) is 0 Å². The Morgan fingerprint density at radius 1 is 1.40 bits per heavy atom. The zero-order valence-corrected chi connectivity index (χ0v) is 10.2. The van der Waals surface area contributed by atoms with E-state index in [4.69, 9.17) is 10.5 Å². The number of hydrogen-bond acceptors (Lipinski definition) is 4. The molecule has 1 heterocycles. The van der Waals surface area contributed by atoms with Crippen molar-refractivity contribution < 1.29 is 4.74 Å². The summed E-state index contributed by atoms with van der Waals surface area (Å²) in [7, 11) is 1.60. The molecule has 0 spiro atoms. The first kappa shape index (κ1) is 16.7. The van der Waals surface area contributed by atoms with Gasteiger partial charge >= 0.3 is 0 Å². The van der Waals surface area contributed by atoms with Crippen molar-refractivity contribution in [2.24, 2.45) is 5.73 Å². The van der Waals surface area contributed by atoms with Crippen molar-refractivity contribution in [3.05, 3.63) is 18.2 Å². The molecule has 0 amide bonds. The lowest BCUT2D eigenvalue weighted by Gasteiger charge is -2.05. The molecule has 1 aromatic rings. The highest BCUT2D eigenvalue weighted by Gasteiger charge is 1.94. The van der Waals surface area contributed by atoms with Crippen LogP contribution in [0.3, 0.4) is 0 Å². The Morgan fingerprint density at radius 2 is 2.13 bits per heavy atom. The van der Waals surface area contributed by atoms with E-state index in [-0.39, 0.29) is 24.8 Å². The maximum Gasteiger partial charge on any atom is 0.214 e. The molecule has 0 aromatic carbocycles. The van der Waals surface area contributed by atoms with Crippen LogP contribution in [0.5, 0.6) is 5.88 Å². The number of pyridine rings is 1. The summed E-state index contributed by atoms with van der Waals surface area (Å²) < 4.78 is 4.99. The van der Waals surface area contributed by atoms with Crippen molar-refractivity contribution >= 4 is 30.6 Å². The number of halogens is 2. The topological polar surface area (TPSA) is 60.2 Å². The summed E-state index contributed by atoms with van der Waals surface area (Å²) in [5.41, 5.74) is 5.36. The van der Waals surface area contributed by atoms with Crippen molar-refractivity contribution in [2.45, 2.75) is 6.42 Å². The minimum atomic E-state index is 0. The first-order valence-corrected chi connectivity index (χ1v) is 4.32. The molecular formula is C9H17Cl2N3O. The summed E-state index contributed by atoms with van der Waals surface area (Å²) in [6.07, 6.45) is 0.943. The molecule has 0 saturated heterocycles. The lowest BCUT2D eigenvalue weighted by atomic mass is 10.4. The lowest BCUT2D eigenvalue weighted by molar-refractivity contribution is 0.398. The molecule has 4 nitrogen and oxygen atoms in total. The van der Waals surface area contributed by atoms with Crippen LogP contribution in [0.4, 0.5) is 5.82 Å². The van der Waals surface area contributed by atoms with Crippen molar-refractivity contribution in [1.82, 2.24) is 4.98 Å². The van der Waals surface area contributed by atoms with E-state index >= 15 is 0 Å². The Hall–Kier alpha value is -0.710. The molecule has 3 N–H and O–H groups in total. The smallest absolute Gasteiger partial charge is 0.214 e. The number of hydrogen-bond donors (Lipinski definition) is 2. The van der Waals surface area contributed by atoms with Gasteiger partial charge in [-0.05, 0) is 19.0 Å². The van der Waals surface area contributed by atoms with E-state index in [2.05, 4.69) is 10.3 Å². The van der Waals surface area contributed by atoms with Crippen molar-refractivity contribution in [3.8, 4) is 5.88 Å². The van der Waals surface area contributed by atoms with Crippen LogP contribution in [0.1, 0.15) is 6.42 Å². The summed E-state index contributed by atoms with van der Waals surface area (Å²) in [5.74, 6) is 1.45. The number of nitrogens with zero attached hydrogens (tertiary/aromatic N) is 1. The molecule has 0 aliphatic rings. The van der Waals surface area contributed by atoms with E-state index in [9.17, 15) is 0 Å². The number of aromatic nitrogens is 1. The van der Waals surface area contributed by atoms with Gasteiger partial charge in [0.1, 0.15) is 5.82 Å². The van der Waals surface area contributed by atoms with Crippen LogP contribution >= 0.6 is 24.8 Å². The predicted octanol–water partition coefficient (Wildman–Crippen LogP) is 1.69. The third kappa shape index (κ3) is 6.38. The van der Waals surface area contributed by atoms with Crippen LogP contribution in [0, 0.1) is 0 Å². The maximum atomic E-state index is 5.36. The van der Waals surface area contributed by atoms with Crippen LogP contribution in [0.25, 0.3) is 0 Å². The molecule has 0 atom stereocenters. The van der Waals surface area contributed by atoms with Crippen LogP contribution < -0.4 is 15.8 Å². The average molecular weight is 254 g/mol. The molecular weight excluding hydrogens is 237 g/mol. The minimum Gasteiger partial charge on any atom is -0.481 e. The van der Waals surface area contributed by atoms with E-state index in [0.29, 0.717) is 12.4 Å². The molecule has 0 bridgehead atoms. The van der Waals surface area contributed by atoms with Crippen molar-refractivity contribution in [1.29, 1.82) is 0 Å². The average Bonchev–Trinajstić information content (AvgIpc) is 2.19. The molecule has 0 saturated carbocycles. The molecule has 0 radical (unpaired) electrons. The highest BCUT2D eigenvalue weighted by Crippen LogP contribution is 2.09. The predicted molar refractivity (Wildman–Crippen MR) is 67.4 cm³/mol. The number of methoxy groups -OCH3 is 1. The highest BCUT2D eigenvalue weighted by atomic mass is 35.5. The standard InChI is InChI=1S/C9H15N3O.2ClH/c1-13-9-5-2-4-8(12-9)11-7-3-6-10;;/h2,4-5H,3,6-7,10H2,1H3,(H,11,12);2*1H. The van der Waals surface area contributed by atoms with Crippen LogP contribution in [0.15, 0.2) is 18.2 Å². The third-order valence-electron chi connectivity index (χ3n) is 1.62. The fraction of sp³-hybridized carbons (Fsp3) is 0.444. The van der Waals surface area contributed by atoms with Crippen LogP contribution in [-0.4, -0.2) is 25.2 Å². The second kappa shape index (κ2) is 9.83. The SMILES string of the molecule is COc1cccc(NCCCN)n1.Cl.Cl. The number of nitrogens with one attached hydrogen (secondary N) is 1. The van der Waals surface area contributed by atoms with Crippen molar-refractivity contribution in [2.75, 3.05) is 25.5 Å². The van der Waals surface area contributed by atoms with Gasteiger partial charge in [0, 0.05) is 12.6 Å². The Labute approximate surface area is 102 Å². The third-order valence-corrected chi connectivity index (χ3v) is 1.62. The van der Waals surface area contributed by atoms with Gasteiger partial charge in [-0.25, -0.2) is 0 Å². The Balaban J connectivity index is 0. The second-order valence-corrected chi connectivity index (χ2v) is 2.63. The number of nitrogens with two attached hydrogens (primary N) is 1. The Bertz CT molecular complexity index is 261. The van der Waals surface area contributed by atoms with Gasteiger partial charge in [-0.15, -0.1) is 24.8 Å². The van der Waals surface area contributed by atoms with E-state index in [1.807, 2.05) is 18.2 Å². The van der Waals surface area contributed by atoms with E-state index < -0.39 is 0 Å². The van der Waals surface area contributed by atoms with Gasteiger partial charge in [0.15, 0.2) is 0 Å².